The van der Waals surface area contributed by atoms with Crippen LogP contribution in [0.25, 0.3) is 17.1 Å². The fourth-order valence-corrected chi connectivity index (χ4v) is 2.50. The van der Waals surface area contributed by atoms with Crippen LogP contribution in [0.1, 0.15) is 5.56 Å². The van der Waals surface area contributed by atoms with Crippen LogP contribution in [0.15, 0.2) is 47.3 Å². The van der Waals surface area contributed by atoms with E-state index in [2.05, 4.69) is 20.0 Å². The van der Waals surface area contributed by atoms with E-state index in [1.807, 2.05) is 0 Å². The van der Waals surface area contributed by atoms with Crippen LogP contribution in [0.2, 0.25) is 0 Å². The Hall–Kier alpha value is -3.62. The number of halogens is 2. The van der Waals surface area contributed by atoms with Gasteiger partial charge in [-0.1, -0.05) is 12.1 Å². The molecule has 0 aliphatic rings. The molecule has 0 spiro atoms. The lowest BCUT2D eigenvalue weighted by molar-refractivity contribution is -0.111. The number of aromatic amines is 2. The number of nitrogens with one attached hydrogen (secondary N) is 3. The molecule has 1 amide bonds. The van der Waals surface area contributed by atoms with E-state index in [4.69, 9.17) is 4.74 Å². The van der Waals surface area contributed by atoms with Gasteiger partial charge in [0.2, 0.25) is 5.91 Å². The summed E-state index contributed by atoms with van der Waals surface area (Å²) in [7, 11) is 1.33. The van der Waals surface area contributed by atoms with Gasteiger partial charge in [0.1, 0.15) is 0 Å². The lowest BCUT2D eigenvalue weighted by atomic mass is 10.1. The number of methoxy groups -OCH3 is 1. The molecule has 3 rings (SSSR count). The Bertz CT molecular complexity index is 1060. The zero-order chi connectivity index (χ0) is 19.4. The van der Waals surface area contributed by atoms with Crippen LogP contribution >= 0.6 is 0 Å². The Morgan fingerprint density at radius 1 is 1.19 bits per heavy atom. The maximum Gasteiger partial charge on any atom is 0.387 e. The predicted octanol–water partition coefficient (Wildman–Crippen LogP) is 3.12. The normalized spacial score (nSPS) is 11.3. The highest BCUT2D eigenvalue weighted by Crippen LogP contribution is 2.33. The number of carbonyl (C=O) groups excluding carboxylic acids is 1. The van der Waals surface area contributed by atoms with Crippen molar-refractivity contribution in [1.82, 2.24) is 9.97 Å². The van der Waals surface area contributed by atoms with E-state index in [1.54, 1.807) is 24.3 Å². The molecule has 0 bridgehead atoms. The van der Waals surface area contributed by atoms with Gasteiger partial charge in [-0.05, 0) is 30.3 Å². The lowest BCUT2D eigenvalue weighted by Gasteiger charge is -2.12. The van der Waals surface area contributed by atoms with Crippen molar-refractivity contribution in [2.45, 2.75) is 6.61 Å². The second-order valence-corrected chi connectivity index (χ2v) is 5.42. The number of rotatable bonds is 6. The number of hydrogen-bond donors (Lipinski definition) is 3. The largest absolute Gasteiger partial charge is 0.493 e. The van der Waals surface area contributed by atoms with Crippen molar-refractivity contribution < 1.29 is 23.0 Å². The van der Waals surface area contributed by atoms with Crippen molar-refractivity contribution in [2.24, 2.45) is 0 Å². The molecule has 0 saturated heterocycles. The number of ether oxygens (including phenoxy) is 2. The third-order valence-electron chi connectivity index (χ3n) is 3.63. The maximum absolute atomic E-state index is 12.6. The minimum Gasteiger partial charge on any atom is -0.493 e. The van der Waals surface area contributed by atoms with Crippen LogP contribution in [0.5, 0.6) is 11.5 Å². The summed E-state index contributed by atoms with van der Waals surface area (Å²) in [5.41, 5.74) is 1.52. The quantitative estimate of drug-likeness (QED) is 0.577. The molecule has 0 aliphatic heterocycles. The van der Waals surface area contributed by atoms with E-state index >= 15 is 0 Å². The van der Waals surface area contributed by atoms with Crippen molar-refractivity contribution in [3.05, 3.63) is 58.5 Å². The number of benzene rings is 2. The highest BCUT2D eigenvalue weighted by Gasteiger charge is 2.14. The third kappa shape index (κ3) is 4.32. The molecule has 0 unspecified atom stereocenters. The summed E-state index contributed by atoms with van der Waals surface area (Å²) in [6.07, 6.45) is 2.52. The second-order valence-electron chi connectivity index (χ2n) is 5.42. The van der Waals surface area contributed by atoms with Gasteiger partial charge in [-0.25, -0.2) is 4.79 Å². The Morgan fingerprint density at radius 2 is 1.96 bits per heavy atom. The monoisotopic (exact) mass is 375 g/mol. The fraction of sp³-hybridized carbons (Fsp3) is 0.111. The van der Waals surface area contributed by atoms with Crippen molar-refractivity contribution in [2.75, 3.05) is 12.4 Å². The second kappa shape index (κ2) is 7.73. The molecule has 2 aromatic carbocycles. The van der Waals surface area contributed by atoms with Crippen LogP contribution in [0.3, 0.4) is 0 Å². The Morgan fingerprint density at radius 3 is 2.70 bits per heavy atom. The standard InChI is InChI=1S/C18H15F2N3O4/c1-26-14-4-2-3-10(16(14)27-17(19)20)5-8-15(24)21-11-6-7-12-13(9-11)23-18(25)22-12/h2-9,17H,1H3,(H,21,24)(H2,22,23,25)/b8-5+. The molecule has 27 heavy (non-hydrogen) atoms. The van der Waals surface area contributed by atoms with Gasteiger partial charge in [-0.3, -0.25) is 4.79 Å². The molecule has 1 heterocycles. The molecule has 0 saturated carbocycles. The Balaban J connectivity index is 1.78. The SMILES string of the molecule is COc1cccc(/C=C/C(=O)Nc2ccc3[nH]c(=O)[nH]c3c2)c1OC(F)F. The van der Waals surface area contributed by atoms with Gasteiger partial charge in [-0.2, -0.15) is 8.78 Å². The molecule has 7 nitrogen and oxygen atoms in total. The van der Waals surface area contributed by atoms with E-state index in [0.29, 0.717) is 16.7 Å². The first-order chi connectivity index (χ1) is 13.0. The van der Waals surface area contributed by atoms with Crippen LogP contribution in [0, 0.1) is 0 Å². The minimum absolute atomic E-state index is 0.125. The summed E-state index contributed by atoms with van der Waals surface area (Å²) < 4.78 is 34.7. The predicted molar refractivity (Wildman–Crippen MR) is 96.2 cm³/mol. The summed E-state index contributed by atoms with van der Waals surface area (Å²) in [6, 6.07) is 9.43. The number of aromatic nitrogens is 2. The molecule has 140 valence electrons. The Labute approximate surface area is 151 Å². The number of imidazole rings is 1. The molecule has 3 N–H and O–H groups in total. The van der Waals surface area contributed by atoms with Crippen LogP contribution in [0.4, 0.5) is 14.5 Å². The Kier molecular flexibility index (Phi) is 5.20. The van der Waals surface area contributed by atoms with Gasteiger partial charge in [0, 0.05) is 17.3 Å². The molecule has 0 radical (unpaired) electrons. The molecule has 1 aromatic heterocycles. The molecule has 0 fully saturated rings. The number of para-hydroxylation sites is 1. The van der Waals surface area contributed by atoms with Crippen molar-refractivity contribution in [1.29, 1.82) is 0 Å². The van der Waals surface area contributed by atoms with Crippen molar-refractivity contribution in [3.63, 3.8) is 0 Å². The molecule has 0 atom stereocenters. The summed E-state index contributed by atoms with van der Waals surface area (Å²) in [4.78, 5) is 28.6. The smallest absolute Gasteiger partial charge is 0.387 e. The number of carbonyl (C=O) groups is 1. The van der Waals surface area contributed by atoms with E-state index in [-0.39, 0.29) is 22.8 Å². The van der Waals surface area contributed by atoms with E-state index in [0.717, 1.165) is 0 Å². The molecule has 9 heteroatoms. The maximum atomic E-state index is 12.6. The number of anilines is 1. The molecular formula is C18H15F2N3O4. The highest BCUT2D eigenvalue weighted by molar-refractivity contribution is 6.03. The van der Waals surface area contributed by atoms with Gasteiger partial charge in [0.05, 0.1) is 18.1 Å². The average Bonchev–Trinajstić information content (AvgIpc) is 2.99. The number of amides is 1. The summed E-state index contributed by atoms with van der Waals surface area (Å²) in [6.45, 7) is -3.03. The number of alkyl halides is 2. The van der Waals surface area contributed by atoms with Crippen LogP contribution in [-0.2, 0) is 4.79 Å². The van der Waals surface area contributed by atoms with E-state index in [9.17, 15) is 18.4 Å². The third-order valence-corrected chi connectivity index (χ3v) is 3.63. The zero-order valence-electron chi connectivity index (χ0n) is 14.1. The fourth-order valence-electron chi connectivity index (χ4n) is 2.50. The van der Waals surface area contributed by atoms with Crippen molar-refractivity contribution in [3.8, 4) is 11.5 Å². The van der Waals surface area contributed by atoms with Gasteiger partial charge in [0.15, 0.2) is 11.5 Å². The van der Waals surface area contributed by atoms with Crippen molar-refractivity contribution >= 4 is 28.7 Å². The van der Waals surface area contributed by atoms with Crippen LogP contribution in [-0.4, -0.2) is 29.6 Å². The van der Waals surface area contributed by atoms with E-state index < -0.39 is 12.5 Å². The topological polar surface area (TPSA) is 96.2 Å². The molecule has 0 aliphatic carbocycles. The first kappa shape index (κ1) is 18.2. The van der Waals surface area contributed by atoms with E-state index in [1.165, 1.54) is 31.4 Å². The molecule has 3 aromatic rings. The van der Waals surface area contributed by atoms with Gasteiger partial charge in [0.25, 0.3) is 0 Å². The number of fused-ring (bicyclic) bond motifs is 1. The zero-order valence-corrected chi connectivity index (χ0v) is 14.1. The highest BCUT2D eigenvalue weighted by atomic mass is 19.3. The summed E-state index contributed by atoms with van der Waals surface area (Å²) in [5.74, 6) is -0.525. The van der Waals surface area contributed by atoms with Crippen LogP contribution < -0.4 is 20.5 Å². The average molecular weight is 375 g/mol. The van der Waals surface area contributed by atoms with Gasteiger partial charge in [-0.15, -0.1) is 0 Å². The number of H-pyrrole nitrogens is 2. The summed E-state index contributed by atoms with van der Waals surface area (Å²) in [5, 5.41) is 2.62. The summed E-state index contributed by atoms with van der Waals surface area (Å²) >= 11 is 0. The minimum atomic E-state index is -3.03. The van der Waals surface area contributed by atoms with Gasteiger partial charge < -0.3 is 24.8 Å². The number of hydrogen-bond acceptors (Lipinski definition) is 4. The first-order valence-electron chi connectivity index (χ1n) is 7.79. The first-order valence-corrected chi connectivity index (χ1v) is 7.79. The lowest BCUT2D eigenvalue weighted by Crippen LogP contribution is -2.08. The molecular weight excluding hydrogens is 360 g/mol. The van der Waals surface area contributed by atoms with Gasteiger partial charge >= 0.3 is 12.3 Å².